The van der Waals surface area contributed by atoms with Gasteiger partial charge in [0.1, 0.15) is 5.82 Å². The Labute approximate surface area is 161 Å². The normalized spacial score (nSPS) is 12.4. The van der Waals surface area contributed by atoms with Crippen LogP contribution < -0.4 is 0 Å². The van der Waals surface area contributed by atoms with Gasteiger partial charge < -0.3 is 4.57 Å². The fourth-order valence-corrected chi connectivity index (χ4v) is 3.53. The van der Waals surface area contributed by atoms with Gasteiger partial charge in [0.05, 0.1) is 11.0 Å². The molecule has 136 valence electrons. The van der Waals surface area contributed by atoms with E-state index in [0.29, 0.717) is 5.92 Å². The molecule has 0 fully saturated rings. The topological polar surface area (TPSA) is 17.8 Å². The number of hydrogen-bond donors (Lipinski definition) is 0. The minimum Gasteiger partial charge on any atom is -0.327 e. The summed E-state index contributed by atoms with van der Waals surface area (Å²) in [6.07, 6.45) is 2.04. The molecular formula is C25H26N2. The molecule has 0 saturated heterocycles. The summed E-state index contributed by atoms with van der Waals surface area (Å²) in [6, 6.07) is 27.9. The van der Waals surface area contributed by atoms with Crippen LogP contribution in [-0.2, 0) is 13.0 Å². The highest BCUT2D eigenvalue weighted by Gasteiger charge is 2.13. The lowest BCUT2D eigenvalue weighted by molar-refractivity contribution is 0.467. The SMILES string of the molecule is CCC(C)Cn1c(Cc2ccc(-c3ccccc3)cc2)nc2ccccc21. The molecule has 4 rings (SSSR count). The molecule has 1 unspecified atom stereocenters. The van der Waals surface area contributed by atoms with E-state index in [1.807, 2.05) is 0 Å². The van der Waals surface area contributed by atoms with Gasteiger partial charge in [-0.3, -0.25) is 0 Å². The van der Waals surface area contributed by atoms with Crippen LogP contribution in [0.15, 0.2) is 78.9 Å². The van der Waals surface area contributed by atoms with Crippen LogP contribution in [0.2, 0.25) is 0 Å². The summed E-state index contributed by atoms with van der Waals surface area (Å²) in [5.74, 6) is 1.80. The fourth-order valence-electron chi connectivity index (χ4n) is 3.53. The zero-order valence-electron chi connectivity index (χ0n) is 16.1. The maximum Gasteiger partial charge on any atom is 0.114 e. The standard InChI is InChI=1S/C25H26N2/c1-3-19(2)18-27-24-12-8-7-11-23(24)26-25(27)17-20-13-15-22(16-14-20)21-9-5-4-6-10-21/h4-16,19H,3,17-18H2,1-2H3. The first-order valence-corrected chi connectivity index (χ1v) is 9.83. The number of fused-ring (bicyclic) bond motifs is 1. The van der Waals surface area contributed by atoms with Crippen molar-refractivity contribution in [2.75, 3.05) is 0 Å². The highest BCUT2D eigenvalue weighted by atomic mass is 15.1. The van der Waals surface area contributed by atoms with E-state index in [-0.39, 0.29) is 0 Å². The van der Waals surface area contributed by atoms with Crippen molar-refractivity contribution in [2.24, 2.45) is 5.92 Å². The number of imidazole rings is 1. The van der Waals surface area contributed by atoms with Gasteiger partial charge in [-0.1, -0.05) is 87.0 Å². The van der Waals surface area contributed by atoms with Crippen molar-refractivity contribution in [3.63, 3.8) is 0 Å². The van der Waals surface area contributed by atoms with Crippen molar-refractivity contribution >= 4 is 11.0 Å². The predicted molar refractivity (Wildman–Crippen MR) is 114 cm³/mol. The largest absolute Gasteiger partial charge is 0.327 e. The molecule has 1 aromatic heterocycles. The molecule has 0 aliphatic carbocycles. The molecular weight excluding hydrogens is 328 g/mol. The summed E-state index contributed by atoms with van der Waals surface area (Å²) in [6.45, 7) is 5.59. The van der Waals surface area contributed by atoms with E-state index in [1.165, 1.54) is 28.6 Å². The highest BCUT2D eigenvalue weighted by molar-refractivity contribution is 5.76. The van der Waals surface area contributed by atoms with Crippen LogP contribution in [0.1, 0.15) is 31.7 Å². The van der Waals surface area contributed by atoms with E-state index in [0.717, 1.165) is 24.3 Å². The first-order valence-electron chi connectivity index (χ1n) is 9.83. The number of para-hydroxylation sites is 2. The van der Waals surface area contributed by atoms with Crippen LogP contribution in [0, 0.1) is 5.92 Å². The van der Waals surface area contributed by atoms with Gasteiger partial charge in [-0.2, -0.15) is 0 Å². The Bertz CT molecular complexity index is 1010. The molecule has 0 aliphatic rings. The van der Waals surface area contributed by atoms with Crippen LogP contribution >= 0.6 is 0 Å². The Hall–Kier alpha value is -2.87. The maximum atomic E-state index is 4.94. The highest BCUT2D eigenvalue weighted by Crippen LogP contribution is 2.23. The molecule has 0 aliphatic heterocycles. The Kier molecular flexibility index (Phi) is 5.06. The van der Waals surface area contributed by atoms with Crippen molar-refractivity contribution in [3.8, 4) is 11.1 Å². The Morgan fingerprint density at radius 3 is 2.22 bits per heavy atom. The molecule has 2 nitrogen and oxygen atoms in total. The third kappa shape index (κ3) is 3.80. The Morgan fingerprint density at radius 1 is 0.815 bits per heavy atom. The van der Waals surface area contributed by atoms with Gasteiger partial charge in [-0.25, -0.2) is 4.98 Å². The van der Waals surface area contributed by atoms with E-state index >= 15 is 0 Å². The second-order valence-electron chi connectivity index (χ2n) is 7.38. The van der Waals surface area contributed by atoms with Crippen LogP contribution in [0.4, 0.5) is 0 Å². The second-order valence-corrected chi connectivity index (χ2v) is 7.38. The van der Waals surface area contributed by atoms with Gasteiger partial charge in [0.15, 0.2) is 0 Å². The average molecular weight is 354 g/mol. The second kappa shape index (κ2) is 7.79. The first kappa shape index (κ1) is 17.5. The number of rotatable bonds is 6. The molecule has 0 spiro atoms. The Balaban J connectivity index is 1.64. The molecule has 2 heteroatoms. The quantitative estimate of drug-likeness (QED) is 0.395. The maximum absolute atomic E-state index is 4.94. The predicted octanol–water partition coefficient (Wildman–Crippen LogP) is 6.34. The third-order valence-corrected chi connectivity index (χ3v) is 5.35. The number of aromatic nitrogens is 2. The molecule has 0 saturated carbocycles. The van der Waals surface area contributed by atoms with Gasteiger partial charge in [0.25, 0.3) is 0 Å². The van der Waals surface area contributed by atoms with Crippen LogP contribution in [-0.4, -0.2) is 9.55 Å². The van der Waals surface area contributed by atoms with Gasteiger partial charge in [0, 0.05) is 13.0 Å². The summed E-state index contributed by atoms with van der Waals surface area (Å²) >= 11 is 0. The van der Waals surface area contributed by atoms with Gasteiger partial charge in [0.2, 0.25) is 0 Å². The number of benzene rings is 3. The summed E-state index contributed by atoms with van der Waals surface area (Å²) in [5, 5.41) is 0. The summed E-state index contributed by atoms with van der Waals surface area (Å²) in [7, 11) is 0. The molecule has 1 heterocycles. The van der Waals surface area contributed by atoms with Crippen LogP contribution in [0.25, 0.3) is 22.2 Å². The lowest BCUT2D eigenvalue weighted by atomic mass is 10.0. The first-order chi connectivity index (χ1) is 13.2. The molecule has 3 aromatic carbocycles. The van der Waals surface area contributed by atoms with E-state index in [1.54, 1.807) is 0 Å². The molecule has 0 bridgehead atoms. The number of nitrogens with zero attached hydrogens (tertiary/aromatic N) is 2. The van der Waals surface area contributed by atoms with Crippen molar-refractivity contribution in [1.29, 1.82) is 0 Å². The summed E-state index contributed by atoms with van der Waals surface area (Å²) in [4.78, 5) is 4.94. The molecule has 0 amide bonds. The molecule has 1 atom stereocenters. The average Bonchev–Trinajstić information content (AvgIpc) is 3.06. The van der Waals surface area contributed by atoms with Gasteiger partial charge in [-0.05, 0) is 34.7 Å². The minimum absolute atomic E-state index is 0.641. The third-order valence-electron chi connectivity index (χ3n) is 5.35. The van der Waals surface area contributed by atoms with Gasteiger partial charge >= 0.3 is 0 Å². The van der Waals surface area contributed by atoms with E-state index in [4.69, 9.17) is 4.98 Å². The Morgan fingerprint density at radius 2 is 1.48 bits per heavy atom. The van der Waals surface area contributed by atoms with Crippen molar-refractivity contribution in [1.82, 2.24) is 9.55 Å². The fraction of sp³-hybridized carbons (Fsp3) is 0.240. The van der Waals surface area contributed by atoms with Crippen molar-refractivity contribution < 1.29 is 0 Å². The van der Waals surface area contributed by atoms with Gasteiger partial charge in [-0.15, -0.1) is 0 Å². The zero-order chi connectivity index (χ0) is 18.6. The van der Waals surface area contributed by atoms with E-state index < -0.39 is 0 Å². The molecule has 0 N–H and O–H groups in total. The molecule has 4 aromatic rings. The lowest BCUT2D eigenvalue weighted by Crippen LogP contribution is -2.10. The summed E-state index contributed by atoms with van der Waals surface area (Å²) < 4.78 is 2.41. The van der Waals surface area contributed by atoms with E-state index in [2.05, 4.69) is 97.3 Å². The smallest absolute Gasteiger partial charge is 0.114 e. The lowest BCUT2D eigenvalue weighted by Gasteiger charge is -2.14. The van der Waals surface area contributed by atoms with Crippen molar-refractivity contribution in [3.05, 3.63) is 90.3 Å². The molecule has 27 heavy (non-hydrogen) atoms. The number of hydrogen-bond acceptors (Lipinski definition) is 1. The minimum atomic E-state index is 0.641. The van der Waals surface area contributed by atoms with E-state index in [9.17, 15) is 0 Å². The van der Waals surface area contributed by atoms with Crippen LogP contribution in [0.3, 0.4) is 0 Å². The monoisotopic (exact) mass is 354 g/mol. The molecule has 0 radical (unpaired) electrons. The summed E-state index contributed by atoms with van der Waals surface area (Å²) in [5.41, 5.74) is 6.15. The van der Waals surface area contributed by atoms with Crippen molar-refractivity contribution in [2.45, 2.75) is 33.2 Å². The van der Waals surface area contributed by atoms with Crippen LogP contribution in [0.5, 0.6) is 0 Å². The zero-order valence-corrected chi connectivity index (χ0v) is 16.1.